The molecule has 1 aromatic carbocycles. The van der Waals surface area contributed by atoms with Crippen molar-refractivity contribution in [3.05, 3.63) is 45.6 Å². The molecule has 0 bridgehead atoms. The van der Waals surface area contributed by atoms with Crippen LogP contribution in [0, 0.1) is 0 Å². The van der Waals surface area contributed by atoms with Crippen LogP contribution in [0.2, 0.25) is 10.0 Å². The molecule has 130 valence electrons. The molecule has 0 spiro atoms. The number of hydrogen-bond donors (Lipinski definition) is 2. The number of aromatic nitrogens is 1. The van der Waals surface area contributed by atoms with E-state index in [0.717, 1.165) is 10.6 Å². The molecule has 0 saturated heterocycles. The lowest BCUT2D eigenvalue weighted by Gasteiger charge is -2.19. The number of carbonyl (C=O) groups excluding carboxylic acids is 1. The minimum atomic E-state index is -0.528. The van der Waals surface area contributed by atoms with Crippen molar-refractivity contribution in [1.29, 1.82) is 0 Å². The Labute approximate surface area is 149 Å². The van der Waals surface area contributed by atoms with Crippen LogP contribution in [0.5, 0.6) is 11.6 Å². The third-order valence-corrected chi connectivity index (χ3v) is 4.35. The van der Waals surface area contributed by atoms with Gasteiger partial charge in [-0.15, -0.1) is 0 Å². The second-order valence-electron chi connectivity index (χ2n) is 5.27. The first-order chi connectivity index (χ1) is 11.3. The van der Waals surface area contributed by atoms with Crippen LogP contribution >= 0.6 is 23.2 Å². The second kappa shape index (κ2) is 7.79. The molecule has 6 nitrogen and oxygen atoms in total. The summed E-state index contributed by atoms with van der Waals surface area (Å²) in [5.74, 6) is -1.36. The number of nitrogens with zero attached hydrogens (tertiary/aromatic N) is 2. The van der Waals surface area contributed by atoms with Crippen LogP contribution in [0.1, 0.15) is 22.3 Å². The van der Waals surface area contributed by atoms with Crippen molar-refractivity contribution in [3.63, 3.8) is 0 Å². The molecule has 0 aliphatic heterocycles. The SMILES string of the molecule is CON(CCCc1ccc(Cl)c(Cl)c1)C(=O)c1cn(C)c(O)c1O. The number of hydroxylamine groups is 2. The molecule has 0 atom stereocenters. The standard InChI is InChI=1S/C16H18Cl2N2O4/c1-19-9-11(14(21)16(19)23)15(22)20(24-2)7-3-4-10-5-6-12(17)13(18)8-10/h5-6,8-9,21,23H,3-4,7H2,1-2H3. The highest BCUT2D eigenvalue weighted by Crippen LogP contribution is 2.31. The van der Waals surface area contributed by atoms with Crippen molar-refractivity contribution < 1.29 is 19.8 Å². The van der Waals surface area contributed by atoms with E-state index < -0.39 is 11.7 Å². The Hall–Kier alpha value is -1.89. The molecule has 1 amide bonds. The van der Waals surface area contributed by atoms with Gasteiger partial charge in [-0.3, -0.25) is 9.63 Å². The zero-order chi connectivity index (χ0) is 17.9. The van der Waals surface area contributed by atoms with E-state index in [4.69, 9.17) is 28.0 Å². The maximum atomic E-state index is 12.4. The van der Waals surface area contributed by atoms with Gasteiger partial charge >= 0.3 is 0 Å². The van der Waals surface area contributed by atoms with Crippen LogP contribution in [0.15, 0.2) is 24.4 Å². The third kappa shape index (κ3) is 3.95. The highest BCUT2D eigenvalue weighted by Gasteiger charge is 2.23. The first-order valence-electron chi connectivity index (χ1n) is 7.22. The van der Waals surface area contributed by atoms with Gasteiger partial charge in [0.15, 0.2) is 5.75 Å². The van der Waals surface area contributed by atoms with Crippen LogP contribution in [0.25, 0.3) is 0 Å². The number of hydrogen-bond acceptors (Lipinski definition) is 4. The molecule has 0 aliphatic carbocycles. The molecule has 0 unspecified atom stereocenters. The summed E-state index contributed by atoms with van der Waals surface area (Å²) in [6.07, 6.45) is 2.64. The summed E-state index contributed by atoms with van der Waals surface area (Å²) in [5, 5.41) is 21.5. The average molecular weight is 373 g/mol. The molecule has 0 aliphatic rings. The van der Waals surface area contributed by atoms with Crippen LogP contribution in [-0.4, -0.2) is 39.4 Å². The molecule has 8 heteroatoms. The quantitative estimate of drug-likeness (QED) is 0.762. The van der Waals surface area contributed by atoms with Gasteiger partial charge in [0.1, 0.15) is 5.56 Å². The molecule has 24 heavy (non-hydrogen) atoms. The highest BCUT2D eigenvalue weighted by atomic mass is 35.5. The van der Waals surface area contributed by atoms with Crippen molar-refractivity contribution in [2.45, 2.75) is 12.8 Å². The lowest BCUT2D eigenvalue weighted by Crippen LogP contribution is -2.31. The van der Waals surface area contributed by atoms with E-state index in [0.29, 0.717) is 29.4 Å². The van der Waals surface area contributed by atoms with Gasteiger partial charge in [0.25, 0.3) is 5.91 Å². The molecular weight excluding hydrogens is 355 g/mol. The number of carbonyl (C=O) groups is 1. The zero-order valence-corrected chi connectivity index (χ0v) is 14.8. The van der Waals surface area contributed by atoms with E-state index >= 15 is 0 Å². The van der Waals surface area contributed by atoms with E-state index in [1.807, 2.05) is 6.07 Å². The zero-order valence-electron chi connectivity index (χ0n) is 13.3. The van der Waals surface area contributed by atoms with E-state index in [1.165, 1.54) is 24.9 Å². The first-order valence-corrected chi connectivity index (χ1v) is 7.98. The summed E-state index contributed by atoms with van der Waals surface area (Å²) in [5.41, 5.74) is 0.972. The van der Waals surface area contributed by atoms with Gasteiger partial charge in [-0.2, -0.15) is 0 Å². The molecular formula is C16H18Cl2N2O4. The van der Waals surface area contributed by atoms with E-state index in [-0.39, 0.29) is 11.4 Å². The van der Waals surface area contributed by atoms with E-state index in [2.05, 4.69) is 0 Å². The van der Waals surface area contributed by atoms with Crippen molar-refractivity contribution in [1.82, 2.24) is 9.63 Å². The van der Waals surface area contributed by atoms with Gasteiger partial charge in [-0.1, -0.05) is 29.3 Å². The molecule has 1 aromatic heterocycles. The lowest BCUT2D eigenvalue weighted by molar-refractivity contribution is -0.0955. The van der Waals surface area contributed by atoms with Crippen molar-refractivity contribution in [3.8, 4) is 11.6 Å². The van der Waals surface area contributed by atoms with Crippen LogP contribution < -0.4 is 0 Å². The number of halogens is 2. The number of aromatic hydroxyl groups is 2. The number of amides is 1. The number of aryl methyl sites for hydroxylation is 2. The van der Waals surface area contributed by atoms with Crippen LogP contribution in [-0.2, 0) is 18.3 Å². The topological polar surface area (TPSA) is 74.9 Å². The van der Waals surface area contributed by atoms with Gasteiger partial charge in [-0.05, 0) is 30.5 Å². The minimum Gasteiger partial charge on any atom is -0.503 e. The predicted octanol–water partition coefficient (Wildman–Crippen LogP) is 3.38. The Kier molecular flexibility index (Phi) is 5.99. The maximum absolute atomic E-state index is 12.4. The second-order valence-corrected chi connectivity index (χ2v) is 6.08. The predicted molar refractivity (Wildman–Crippen MR) is 91.6 cm³/mol. The van der Waals surface area contributed by atoms with Crippen molar-refractivity contribution in [2.75, 3.05) is 13.7 Å². The molecule has 0 radical (unpaired) electrons. The Bertz CT molecular complexity index is 746. The maximum Gasteiger partial charge on any atom is 0.282 e. The monoisotopic (exact) mass is 372 g/mol. The van der Waals surface area contributed by atoms with Crippen LogP contribution in [0.4, 0.5) is 0 Å². The summed E-state index contributed by atoms with van der Waals surface area (Å²) >= 11 is 11.8. The van der Waals surface area contributed by atoms with Gasteiger partial charge in [-0.25, -0.2) is 5.06 Å². The summed E-state index contributed by atoms with van der Waals surface area (Å²) in [4.78, 5) is 17.5. The highest BCUT2D eigenvalue weighted by molar-refractivity contribution is 6.42. The van der Waals surface area contributed by atoms with Crippen LogP contribution in [0.3, 0.4) is 0 Å². The van der Waals surface area contributed by atoms with Gasteiger partial charge in [0, 0.05) is 19.8 Å². The number of rotatable bonds is 6. The molecule has 2 rings (SSSR count). The Balaban J connectivity index is 1.99. The molecule has 2 N–H and O–H groups in total. The molecule has 0 fully saturated rings. The fraction of sp³-hybridized carbons (Fsp3) is 0.312. The fourth-order valence-electron chi connectivity index (χ4n) is 2.29. The lowest BCUT2D eigenvalue weighted by atomic mass is 10.1. The summed E-state index contributed by atoms with van der Waals surface area (Å²) in [6.45, 7) is 0.310. The Morgan fingerprint density at radius 1 is 1.29 bits per heavy atom. The van der Waals surface area contributed by atoms with E-state index in [9.17, 15) is 15.0 Å². The summed E-state index contributed by atoms with van der Waals surface area (Å²) in [6, 6.07) is 5.38. The Morgan fingerprint density at radius 2 is 2.00 bits per heavy atom. The third-order valence-electron chi connectivity index (χ3n) is 3.61. The summed E-state index contributed by atoms with van der Waals surface area (Å²) in [7, 11) is 2.89. The van der Waals surface area contributed by atoms with Gasteiger partial charge in [0.2, 0.25) is 5.88 Å². The molecule has 0 saturated carbocycles. The average Bonchev–Trinajstić information content (AvgIpc) is 2.82. The minimum absolute atomic E-state index is 0.0219. The molecule has 1 heterocycles. The first kappa shape index (κ1) is 18.4. The van der Waals surface area contributed by atoms with Gasteiger partial charge < -0.3 is 14.8 Å². The normalized spacial score (nSPS) is 10.8. The van der Waals surface area contributed by atoms with Crippen molar-refractivity contribution >= 4 is 29.1 Å². The van der Waals surface area contributed by atoms with Crippen molar-refractivity contribution in [2.24, 2.45) is 7.05 Å². The van der Waals surface area contributed by atoms with E-state index in [1.54, 1.807) is 12.1 Å². The summed E-state index contributed by atoms with van der Waals surface area (Å²) < 4.78 is 1.26. The fourth-order valence-corrected chi connectivity index (χ4v) is 2.61. The Morgan fingerprint density at radius 3 is 2.54 bits per heavy atom. The largest absolute Gasteiger partial charge is 0.503 e. The number of benzene rings is 1. The molecule has 2 aromatic rings. The van der Waals surface area contributed by atoms with Gasteiger partial charge in [0.05, 0.1) is 17.2 Å². The smallest absolute Gasteiger partial charge is 0.282 e.